The van der Waals surface area contributed by atoms with Crippen molar-refractivity contribution >= 4 is 15.7 Å². The minimum atomic E-state index is -3.24. The van der Waals surface area contributed by atoms with Gasteiger partial charge in [0, 0.05) is 39.8 Å². The maximum Gasteiger partial charge on any atom is 0.232 e. The van der Waals surface area contributed by atoms with Crippen molar-refractivity contribution < 1.29 is 13.2 Å². The maximum absolute atomic E-state index is 11.7. The highest BCUT2D eigenvalue weighted by atomic mass is 32.2. The molecule has 0 spiro atoms. The molecule has 0 saturated carbocycles. The molecular formula is C15H25N3O3S. The number of morpholine rings is 1. The van der Waals surface area contributed by atoms with Crippen molar-refractivity contribution in [3.8, 4) is 0 Å². The van der Waals surface area contributed by atoms with E-state index in [1.165, 1.54) is 10.6 Å². The Kier molecular flexibility index (Phi) is 6.19. The van der Waals surface area contributed by atoms with E-state index in [9.17, 15) is 8.42 Å². The van der Waals surface area contributed by atoms with Gasteiger partial charge < -0.3 is 10.1 Å². The van der Waals surface area contributed by atoms with Crippen LogP contribution < -0.4 is 9.62 Å². The number of para-hydroxylation sites is 1. The van der Waals surface area contributed by atoms with Crippen LogP contribution in [-0.4, -0.2) is 66.0 Å². The third-order valence-corrected chi connectivity index (χ3v) is 5.04. The predicted molar refractivity (Wildman–Crippen MR) is 88.7 cm³/mol. The lowest BCUT2D eigenvalue weighted by molar-refractivity contribution is 0.0384. The average molecular weight is 327 g/mol. The van der Waals surface area contributed by atoms with Crippen molar-refractivity contribution in [1.82, 2.24) is 10.2 Å². The van der Waals surface area contributed by atoms with Crippen LogP contribution in [0.2, 0.25) is 0 Å². The van der Waals surface area contributed by atoms with Crippen molar-refractivity contribution in [3.05, 3.63) is 29.8 Å². The topological polar surface area (TPSA) is 61.9 Å². The summed E-state index contributed by atoms with van der Waals surface area (Å²) in [5.74, 6) is 0. The largest absolute Gasteiger partial charge is 0.379 e. The molecule has 0 aliphatic carbocycles. The first kappa shape index (κ1) is 17.2. The second kappa shape index (κ2) is 7.92. The van der Waals surface area contributed by atoms with E-state index in [2.05, 4.69) is 10.2 Å². The van der Waals surface area contributed by atoms with Crippen LogP contribution in [0.15, 0.2) is 24.3 Å². The van der Waals surface area contributed by atoms with E-state index in [1.54, 1.807) is 7.05 Å². The minimum Gasteiger partial charge on any atom is -0.379 e. The zero-order valence-electron chi connectivity index (χ0n) is 13.3. The summed E-state index contributed by atoms with van der Waals surface area (Å²) in [6.07, 6.45) is 1.22. The quantitative estimate of drug-likeness (QED) is 0.739. The molecule has 1 aromatic carbocycles. The van der Waals surface area contributed by atoms with Crippen LogP contribution in [-0.2, 0) is 21.3 Å². The van der Waals surface area contributed by atoms with Gasteiger partial charge in [-0.2, -0.15) is 0 Å². The van der Waals surface area contributed by atoms with Gasteiger partial charge in [0.15, 0.2) is 0 Å². The number of anilines is 1. The smallest absolute Gasteiger partial charge is 0.232 e. The van der Waals surface area contributed by atoms with Crippen molar-refractivity contribution in [1.29, 1.82) is 0 Å². The van der Waals surface area contributed by atoms with E-state index in [0.717, 1.165) is 50.6 Å². The standard InChI is InChI=1S/C15H25N3O3S/c1-17(22(2,19)20)15-6-4-3-5-14(15)13-16-7-8-18-9-11-21-12-10-18/h3-6,16H,7-13H2,1-2H3. The zero-order valence-corrected chi connectivity index (χ0v) is 14.1. The molecule has 2 rings (SSSR count). The Balaban J connectivity index is 1.87. The molecule has 0 unspecified atom stereocenters. The van der Waals surface area contributed by atoms with Gasteiger partial charge in [-0.3, -0.25) is 9.21 Å². The van der Waals surface area contributed by atoms with E-state index >= 15 is 0 Å². The van der Waals surface area contributed by atoms with E-state index in [-0.39, 0.29) is 0 Å². The first-order valence-corrected chi connectivity index (χ1v) is 9.36. The molecule has 7 heteroatoms. The molecule has 1 saturated heterocycles. The van der Waals surface area contributed by atoms with E-state index in [1.807, 2.05) is 24.3 Å². The van der Waals surface area contributed by atoms with Crippen LogP contribution in [0, 0.1) is 0 Å². The molecule has 22 heavy (non-hydrogen) atoms. The second-order valence-electron chi connectivity index (χ2n) is 5.49. The number of rotatable bonds is 7. The maximum atomic E-state index is 11.7. The Morgan fingerprint density at radius 1 is 1.27 bits per heavy atom. The summed E-state index contributed by atoms with van der Waals surface area (Å²) >= 11 is 0. The molecule has 0 atom stereocenters. The molecule has 0 radical (unpaired) electrons. The van der Waals surface area contributed by atoms with Crippen LogP contribution in [0.3, 0.4) is 0 Å². The van der Waals surface area contributed by atoms with Crippen molar-refractivity contribution in [2.75, 3.05) is 57.0 Å². The van der Waals surface area contributed by atoms with E-state index < -0.39 is 10.0 Å². The number of nitrogens with one attached hydrogen (secondary N) is 1. The lowest BCUT2D eigenvalue weighted by atomic mass is 10.2. The summed E-state index contributed by atoms with van der Waals surface area (Å²) in [6.45, 7) is 6.08. The first-order chi connectivity index (χ1) is 10.5. The van der Waals surface area contributed by atoms with Crippen LogP contribution in [0.4, 0.5) is 5.69 Å². The summed E-state index contributed by atoms with van der Waals surface area (Å²) in [7, 11) is -1.66. The number of nitrogens with zero attached hydrogens (tertiary/aromatic N) is 2. The molecule has 1 heterocycles. The van der Waals surface area contributed by atoms with Gasteiger partial charge in [-0.25, -0.2) is 8.42 Å². The molecule has 1 N–H and O–H groups in total. The van der Waals surface area contributed by atoms with Gasteiger partial charge in [0.25, 0.3) is 0 Å². The van der Waals surface area contributed by atoms with Gasteiger partial charge >= 0.3 is 0 Å². The minimum absolute atomic E-state index is 0.653. The summed E-state index contributed by atoms with van der Waals surface area (Å²) in [5.41, 5.74) is 1.71. The zero-order chi connectivity index (χ0) is 16.0. The van der Waals surface area contributed by atoms with Crippen molar-refractivity contribution in [2.24, 2.45) is 0 Å². The number of hydrogen-bond donors (Lipinski definition) is 1. The molecule has 124 valence electrons. The van der Waals surface area contributed by atoms with Crippen LogP contribution in [0.5, 0.6) is 0 Å². The van der Waals surface area contributed by atoms with Crippen LogP contribution in [0.1, 0.15) is 5.56 Å². The van der Waals surface area contributed by atoms with Crippen LogP contribution in [0.25, 0.3) is 0 Å². The molecule has 1 fully saturated rings. The van der Waals surface area contributed by atoms with E-state index in [4.69, 9.17) is 4.74 Å². The van der Waals surface area contributed by atoms with Crippen molar-refractivity contribution in [2.45, 2.75) is 6.54 Å². The molecular weight excluding hydrogens is 302 g/mol. The van der Waals surface area contributed by atoms with Gasteiger partial charge in [-0.1, -0.05) is 18.2 Å². The molecule has 0 aromatic heterocycles. The third kappa shape index (κ3) is 4.95. The highest BCUT2D eigenvalue weighted by Crippen LogP contribution is 2.21. The van der Waals surface area contributed by atoms with Crippen LogP contribution >= 0.6 is 0 Å². The fourth-order valence-electron chi connectivity index (χ4n) is 2.43. The fraction of sp³-hybridized carbons (Fsp3) is 0.600. The Bertz CT molecular complexity index is 571. The lowest BCUT2D eigenvalue weighted by Crippen LogP contribution is -2.40. The Labute approximate surface area is 133 Å². The number of ether oxygens (including phenoxy) is 1. The highest BCUT2D eigenvalue weighted by Gasteiger charge is 2.15. The average Bonchev–Trinajstić information content (AvgIpc) is 2.51. The van der Waals surface area contributed by atoms with Gasteiger partial charge in [-0.15, -0.1) is 0 Å². The number of sulfonamides is 1. The van der Waals surface area contributed by atoms with Gasteiger partial charge in [0.2, 0.25) is 10.0 Å². The number of benzene rings is 1. The molecule has 6 nitrogen and oxygen atoms in total. The number of hydrogen-bond acceptors (Lipinski definition) is 5. The van der Waals surface area contributed by atoms with Gasteiger partial charge in [-0.05, 0) is 11.6 Å². The normalized spacial score (nSPS) is 16.6. The lowest BCUT2D eigenvalue weighted by Gasteiger charge is -2.26. The van der Waals surface area contributed by atoms with Crippen molar-refractivity contribution in [3.63, 3.8) is 0 Å². The first-order valence-electron chi connectivity index (χ1n) is 7.51. The summed E-state index contributed by atoms with van der Waals surface area (Å²) in [5, 5.41) is 3.39. The van der Waals surface area contributed by atoms with Gasteiger partial charge in [0.05, 0.1) is 25.2 Å². The second-order valence-corrected chi connectivity index (χ2v) is 7.50. The summed E-state index contributed by atoms with van der Waals surface area (Å²) in [4.78, 5) is 2.37. The Hall–Kier alpha value is -1.15. The summed E-state index contributed by atoms with van der Waals surface area (Å²) in [6, 6.07) is 7.58. The Morgan fingerprint density at radius 3 is 2.64 bits per heavy atom. The monoisotopic (exact) mass is 327 g/mol. The SMILES string of the molecule is CN(c1ccccc1CNCCN1CCOCC1)S(C)(=O)=O. The Morgan fingerprint density at radius 2 is 1.95 bits per heavy atom. The molecule has 1 aromatic rings. The van der Waals surface area contributed by atoms with E-state index in [0.29, 0.717) is 6.54 Å². The summed E-state index contributed by atoms with van der Waals surface area (Å²) < 4.78 is 30.1. The fourth-order valence-corrected chi connectivity index (χ4v) is 2.97. The van der Waals surface area contributed by atoms with Gasteiger partial charge in [0.1, 0.15) is 0 Å². The molecule has 0 bridgehead atoms. The molecule has 1 aliphatic heterocycles. The predicted octanol–water partition coefficient (Wildman–Crippen LogP) is 0.504. The molecule has 0 amide bonds. The highest BCUT2D eigenvalue weighted by molar-refractivity contribution is 7.92. The molecule has 1 aliphatic rings. The third-order valence-electron chi connectivity index (χ3n) is 3.85.